The normalized spacial score (nSPS) is 17.5. The standard InChI is InChI=1S/C21H32N4O3/c1-21(2,28)19(26)24-11-7-16(8-12-24)5-3-4-9-23-20(27)25-14-17-6-10-22-13-18(17)15-25/h6,10,13,16,28H,3-5,7-9,11-12,14-15H2,1-2H3,(H,23,27). The van der Waals surface area contributed by atoms with Crippen molar-refractivity contribution >= 4 is 11.9 Å². The van der Waals surface area contributed by atoms with Crippen LogP contribution < -0.4 is 5.32 Å². The number of likely N-dealkylation sites (tertiary alicyclic amines) is 1. The number of aliphatic hydroxyl groups is 1. The zero-order valence-corrected chi connectivity index (χ0v) is 17.0. The van der Waals surface area contributed by atoms with Crippen molar-refractivity contribution < 1.29 is 14.7 Å². The van der Waals surface area contributed by atoms with E-state index in [0.29, 0.717) is 25.6 Å². The van der Waals surface area contributed by atoms with Crippen molar-refractivity contribution in [3.63, 3.8) is 0 Å². The molecule has 1 aromatic rings. The van der Waals surface area contributed by atoms with Crippen molar-refractivity contribution in [2.24, 2.45) is 5.92 Å². The molecule has 3 heterocycles. The van der Waals surface area contributed by atoms with Crippen LogP contribution in [-0.4, -0.2) is 57.1 Å². The SMILES string of the molecule is CC(C)(O)C(=O)N1CCC(CCCCNC(=O)N2Cc3ccncc3C2)CC1. The highest BCUT2D eigenvalue weighted by molar-refractivity contribution is 5.84. The van der Waals surface area contributed by atoms with E-state index in [4.69, 9.17) is 0 Å². The van der Waals surface area contributed by atoms with Gasteiger partial charge in [-0.25, -0.2) is 4.79 Å². The number of carbonyl (C=O) groups excluding carboxylic acids is 2. The van der Waals surface area contributed by atoms with Crippen LogP contribution in [0.4, 0.5) is 4.79 Å². The zero-order chi connectivity index (χ0) is 20.1. The first-order valence-corrected chi connectivity index (χ1v) is 10.3. The lowest BCUT2D eigenvalue weighted by Crippen LogP contribution is -2.48. The third-order valence-corrected chi connectivity index (χ3v) is 5.75. The van der Waals surface area contributed by atoms with Crippen LogP contribution in [0.5, 0.6) is 0 Å². The van der Waals surface area contributed by atoms with Gasteiger partial charge in [0.1, 0.15) is 5.60 Å². The Kier molecular flexibility index (Phi) is 6.54. The average Bonchev–Trinajstić information content (AvgIpc) is 3.11. The van der Waals surface area contributed by atoms with E-state index in [1.165, 1.54) is 5.56 Å². The summed E-state index contributed by atoms with van der Waals surface area (Å²) >= 11 is 0. The second-order valence-electron chi connectivity index (χ2n) is 8.52. The second kappa shape index (κ2) is 8.90. The van der Waals surface area contributed by atoms with E-state index in [1.807, 2.05) is 17.2 Å². The van der Waals surface area contributed by atoms with Gasteiger partial charge in [-0.2, -0.15) is 0 Å². The zero-order valence-electron chi connectivity index (χ0n) is 17.0. The number of hydrogen-bond acceptors (Lipinski definition) is 4. The molecular weight excluding hydrogens is 356 g/mol. The van der Waals surface area contributed by atoms with Crippen LogP contribution in [0.25, 0.3) is 0 Å². The van der Waals surface area contributed by atoms with Crippen molar-refractivity contribution in [2.75, 3.05) is 19.6 Å². The molecule has 1 saturated heterocycles. The molecule has 0 aliphatic carbocycles. The predicted octanol–water partition coefficient (Wildman–Crippen LogP) is 2.29. The van der Waals surface area contributed by atoms with Crippen LogP contribution in [0.3, 0.4) is 0 Å². The van der Waals surface area contributed by atoms with Gasteiger partial charge in [0.25, 0.3) is 5.91 Å². The quantitative estimate of drug-likeness (QED) is 0.732. The predicted molar refractivity (Wildman–Crippen MR) is 106 cm³/mol. The highest BCUT2D eigenvalue weighted by atomic mass is 16.3. The molecule has 2 aliphatic heterocycles. The van der Waals surface area contributed by atoms with Crippen molar-refractivity contribution in [3.8, 4) is 0 Å². The maximum atomic E-state index is 12.3. The van der Waals surface area contributed by atoms with E-state index in [-0.39, 0.29) is 11.9 Å². The fourth-order valence-electron chi connectivity index (χ4n) is 4.04. The molecule has 154 valence electrons. The topological polar surface area (TPSA) is 85.8 Å². The molecule has 1 aromatic heterocycles. The van der Waals surface area contributed by atoms with Gasteiger partial charge in [0.05, 0.1) is 0 Å². The molecule has 2 N–H and O–H groups in total. The number of aromatic nitrogens is 1. The summed E-state index contributed by atoms with van der Waals surface area (Å²) in [5.74, 6) is 0.454. The third-order valence-electron chi connectivity index (χ3n) is 5.75. The maximum Gasteiger partial charge on any atom is 0.318 e. The minimum atomic E-state index is -1.28. The largest absolute Gasteiger partial charge is 0.381 e. The molecule has 0 atom stereocenters. The van der Waals surface area contributed by atoms with E-state index in [0.717, 1.165) is 50.8 Å². The minimum absolute atomic E-state index is 0.00496. The fourth-order valence-corrected chi connectivity index (χ4v) is 4.04. The van der Waals surface area contributed by atoms with Crippen molar-refractivity contribution in [1.82, 2.24) is 20.1 Å². The summed E-state index contributed by atoms with van der Waals surface area (Å²) in [4.78, 5) is 32.1. The molecular formula is C21H32N4O3. The Hall–Kier alpha value is -2.15. The summed E-state index contributed by atoms with van der Waals surface area (Å²) in [5, 5.41) is 12.9. The number of nitrogens with zero attached hydrogens (tertiary/aromatic N) is 3. The number of urea groups is 1. The number of piperidine rings is 1. The van der Waals surface area contributed by atoms with Crippen molar-refractivity contribution in [1.29, 1.82) is 0 Å². The number of pyridine rings is 1. The Balaban J connectivity index is 1.27. The number of nitrogens with one attached hydrogen (secondary N) is 1. The summed E-state index contributed by atoms with van der Waals surface area (Å²) in [6.07, 6.45) is 8.77. The van der Waals surface area contributed by atoms with E-state index in [9.17, 15) is 14.7 Å². The monoisotopic (exact) mass is 388 g/mol. The third kappa shape index (κ3) is 5.22. The molecule has 2 aliphatic rings. The van der Waals surface area contributed by atoms with Crippen LogP contribution in [0, 0.1) is 5.92 Å². The first-order chi connectivity index (χ1) is 13.3. The Morgan fingerprint density at radius 1 is 1.18 bits per heavy atom. The van der Waals surface area contributed by atoms with Crippen LogP contribution >= 0.6 is 0 Å². The van der Waals surface area contributed by atoms with Crippen LogP contribution in [0.1, 0.15) is 57.1 Å². The van der Waals surface area contributed by atoms with E-state index in [1.54, 1.807) is 24.9 Å². The minimum Gasteiger partial charge on any atom is -0.381 e. The lowest BCUT2D eigenvalue weighted by Gasteiger charge is -2.35. The van der Waals surface area contributed by atoms with E-state index >= 15 is 0 Å². The number of carbonyl (C=O) groups is 2. The molecule has 0 spiro atoms. The summed E-state index contributed by atoms with van der Waals surface area (Å²) < 4.78 is 0. The van der Waals surface area contributed by atoms with E-state index in [2.05, 4.69) is 10.3 Å². The average molecular weight is 389 g/mol. The summed E-state index contributed by atoms with van der Waals surface area (Å²) in [5.41, 5.74) is 1.03. The molecule has 0 saturated carbocycles. The van der Waals surface area contributed by atoms with Gasteiger partial charge < -0.3 is 20.2 Å². The highest BCUT2D eigenvalue weighted by Gasteiger charge is 2.31. The van der Waals surface area contributed by atoms with Gasteiger partial charge in [-0.3, -0.25) is 9.78 Å². The Labute approximate surface area is 167 Å². The molecule has 0 unspecified atom stereocenters. The van der Waals surface area contributed by atoms with Gasteiger partial charge in [-0.1, -0.05) is 12.8 Å². The van der Waals surface area contributed by atoms with E-state index < -0.39 is 5.60 Å². The van der Waals surface area contributed by atoms with Gasteiger partial charge in [0, 0.05) is 45.1 Å². The Morgan fingerprint density at radius 2 is 1.89 bits per heavy atom. The van der Waals surface area contributed by atoms with Crippen molar-refractivity contribution in [3.05, 3.63) is 29.6 Å². The second-order valence-corrected chi connectivity index (χ2v) is 8.52. The first-order valence-electron chi connectivity index (χ1n) is 10.3. The molecule has 0 bridgehead atoms. The summed E-state index contributed by atoms with van der Waals surface area (Å²) in [6.45, 7) is 6.55. The molecule has 3 amide bonds. The van der Waals surface area contributed by atoms with Gasteiger partial charge >= 0.3 is 6.03 Å². The number of rotatable bonds is 6. The molecule has 0 radical (unpaired) electrons. The lowest BCUT2D eigenvalue weighted by molar-refractivity contribution is -0.149. The smallest absolute Gasteiger partial charge is 0.318 e. The molecule has 1 fully saturated rings. The lowest BCUT2D eigenvalue weighted by atomic mass is 9.91. The molecule has 7 nitrogen and oxygen atoms in total. The Bertz CT molecular complexity index is 668. The van der Waals surface area contributed by atoms with Gasteiger partial charge in [0.2, 0.25) is 0 Å². The Morgan fingerprint density at radius 3 is 2.57 bits per heavy atom. The van der Waals surface area contributed by atoms with Gasteiger partial charge in [0.15, 0.2) is 0 Å². The fraction of sp³-hybridized carbons (Fsp3) is 0.667. The number of fused-ring (bicyclic) bond motifs is 1. The molecule has 7 heteroatoms. The van der Waals surface area contributed by atoms with Crippen LogP contribution in [-0.2, 0) is 17.9 Å². The number of hydrogen-bond donors (Lipinski definition) is 2. The molecule has 28 heavy (non-hydrogen) atoms. The van der Waals surface area contributed by atoms with Gasteiger partial charge in [-0.15, -0.1) is 0 Å². The highest BCUT2D eigenvalue weighted by Crippen LogP contribution is 2.24. The van der Waals surface area contributed by atoms with Crippen LogP contribution in [0.2, 0.25) is 0 Å². The number of amides is 3. The van der Waals surface area contributed by atoms with Gasteiger partial charge in [-0.05, 0) is 56.2 Å². The maximum absolute atomic E-state index is 12.3. The summed E-state index contributed by atoms with van der Waals surface area (Å²) in [7, 11) is 0. The molecule has 0 aromatic carbocycles. The van der Waals surface area contributed by atoms with Crippen molar-refractivity contribution in [2.45, 2.75) is 64.6 Å². The van der Waals surface area contributed by atoms with Crippen LogP contribution in [0.15, 0.2) is 18.5 Å². The molecule has 3 rings (SSSR count). The first kappa shape index (κ1) is 20.6. The summed E-state index contributed by atoms with van der Waals surface area (Å²) in [6, 6.07) is 1.97. The number of unbranched alkanes of at least 4 members (excludes halogenated alkanes) is 1.